The highest BCUT2D eigenvalue weighted by molar-refractivity contribution is 9.10. The van der Waals surface area contributed by atoms with Crippen LogP contribution in [0.1, 0.15) is 23.6 Å². The Kier molecular flexibility index (Phi) is 8.18. The molecule has 0 aromatic heterocycles. The van der Waals surface area contributed by atoms with E-state index in [0.717, 1.165) is 31.9 Å². The van der Waals surface area contributed by atoms with Crippen LogP contribution < -0.4 is 14.8 Å². The Morgan fingerprint density at radius 3 is 2.50 bits per heavy atom. The zero-order valence-corrected chi connectivity index (χ0v) is 20.4. The third-order valence-electron chi connectivity index (χ3n) is 4.51. The van der Waals surface area contributed by atoms with Crippen LogP contribution in [0, 0.1) is 6.92 Å². The highest BCUT2D eigenvalue weighted by Crippen LogP contribution is 2.38. The van der Waals surface area contributed by atoms with Gasteiger partial charge in [-0.05, 0) is 77.3 Å². The van der Waals surface area contributed by atoms with Crippen molar-refractivity contribution in [1.29, 1.82) is 0 Å². The quantitative estimate of drug-likeness (QED) is 0.318. The van der Waals surface area contributed by atoms with Crippen molar-refractivity contribution >= 4 is 56.4 Å². The lowest BCUT2D eigenvalue weighted by atomic mass is 10.1. The van der Waals surface area contributed by atoms with Crippen molar-refractivity contribution in [3.63, 3.8) is 0 Å². The Bertz CT molecular complexity index is 1040. The average Bonchev–Trinajstić information content (AvgIpc) is 2.70. The largest absolute Gasteiger partial charge is 0.490 e. The minimum atomic E-state index is 0.300. The summed E-state index contributed by atoms with van der Waals surface area (Å²) >= 11 is 22.1. The van der Waals surface area contributed by atoms with Gasteiger partial charge in [0.25, 0.3) is 0 Å². The van der Waals surface area contributed by atoms with E-state index in [9.17, 15) is 0 Å². The first kappa shape index (κ1) is 23.1. The van der Waals surface area contributed by atoms with Crippen molar-refractivity contribution in [3.8, 4) is 11.5 Å². The van der Waals surface area contributed by atoms with Gasteiger partial charge < -0.3 is 14.8 Å². The fourth-order valence-corrected chi connectivity index (χ4v) is 4.15. The van der Waals surface area contributed by atoms with Gasteiger partial charge in [0.1, 0.15) is 6.61 Å². The van der Waals surface area contributed by atoms with E-state index in [4.69, 9.17) is 44.3 Å². The number of benzene rings is 3. The molecule has 0 unspecified atom stereocenters. The first-order chi connectivity index (χ1) is 14.4. The first-order valence-corrected chi connectivity index (χ1v) is 11.3. The summed E-state index contributed by atoms with van der Waals surface area (Å²) in [6.45, 7) is 5.37. The topological polar surface area (TPSA) is 30.5 Å². The Morgan fingerprint density at radius 2 is 1.77 bits per heavy atom. The Morgan fingerprint density at radius 1 is 0.967 bits per heavy atom. The molecular weight excluding hydrogens is 509 g/mol. The van der Waals surface area contributed by atoms with E-state index in [0.29, 0.717) is 41.3 Å². The van der Waals surface area contributed by atoms with Crippen LogP contribution >= 0.6 is 50.7 Å². The smallest absolute Gasteiger partial charge is 0.175 e. The van der Waals surface area contributed by atoms with Gasteiger partial charge in [-0.15, -0.1) is 0 Å². The van der Waals surface area contributed by atoms with Crippen LogP contribution in [0.25, 0.3) is 0 Å². The van der Waals surface area contributed by atoms with Gasteiger partial charge >= 0.3 is 0 Å². The van der Waals surface area contributed by atoms with Gasteiger partial charge in [0.05, 0.1) is 11.1 Å². The third-order valence-corrected chi connectivity index (χ3v) is 6.09. The maximum absolute atomic E-state index is 6.26. The number of ether oxygens (including phenoxy) is 2. The second-order valence-electron chi connectivity index (χ2n) is 6.63. The lowest BCUT2D eigenvalue weighted by Gasteiger charge is -2.17. The lowest BCUT2D eigenvalue weighted by molar-refractivity contribution is 0.267. The van der Waals surface area contributed by atoms with Crippen molar-refractivity contribution in [1.82, 2.24) is 0 Å². The van der Waals surface area contributed by atoms with Gasteiger partial charge in [-0.2, -0.15) is 0 Å². The van der Waals surface area contributed by atoms with Crippen molar-refractivity contribution in [2.45, 2.75) is 27.0 Å². The van der Waals surface area contributed by atoms with E-state index in [1.54, 1.807) is 12.1 Å². The zero-order chi connectivity index (χ0) is 21.7. The second kappa shape index (κ2) is 10.6. The molecule has 30 heavy (non-hydrogen) atoms. The highest BCUT2D eigenvalue weighted by Gasteiger charge is 2.14. The molecule has 0 aliphatic rings. The molecule has 0 heterocycles. The summed E-state index contributed by atoms with van der Waals surface area (Å²) in [5.74, 6) is 1.29. The third kappa shape index (κ3) is 5.76. The van der Waals surface area contributed by atoms with Gasteiger partial charge in [0.15, 0.2) is 11.5 Å². The summed E-state index contributed by atoms with van der Waals surface area (Å²) in [7, 11) is 0. The van der Waals surface area contributed by atoms with Crippen LogP contribution in [0.2, 0.25) is 15.1 Å². The van der Waals surface area contributed by atoms with Crippen LogP contribution in [-0.2, 0) is 13.2 Å². The SMILES string of the molecule is CCOc1cc(CNc2cccc(Cl)c2C)cc(Br)c1OCc1ccc(Cl)cc1Cl. The number of rotatable bonds is 8. The molecule has 0 atom stereocenters. The van der Waals surface area contributed by atoms with Crippen molar-refractivity contribution < 1.29 is 9.47 Å². The molecule has 0 fully saturated rings. The molecule has 0 aliphatic heterocycles. The fourth-order valence-electron chi connectivity index (χ4n) is 2.91. The van der Waals surface area contributed by atoms with Crippen LogP contribution in [0.3, 0.4) is 0 Å². The van der Waals surface area contributed by atoms with Crippen LogP contribution in [0.4, 0.5) is 5.69 Å². The molecule has 0 saturated heterocycles. The first-order valence-electron chi connectivity index (χ1n) is 9.40. The van der Waals surface area contributed by atoms with Gasteiger partial charge in [0, 0.05) is 32.9 Å². The molecule has 158 valence electrons. The number of anilines is 1. The normalized spacial score (nSPS) is 10.7. The van der Waals surface area contributed by atoms with Crippen molar-refractivity contribution in [2.75, 3.05) is 11.9 Å². The molecule has 0 saturated carbocycles. The van der Waals surface area contributed by atoms with E-state index < -0.39 is 0 Å². The molecule has 7 heteroatoms. The van der Waals surface area contributed by atoms with E-state index in [2.05, 4.69) is 21.2 Å². The van der Waals surface area contributed by atoms with Crippen LogP contribution in [0.5, 0.6) is 11.5 Å². The molecule has 0 bridgehead atoms. The van der Waals surface area contributed by atoms with Crippen LogP contribution in [0.15, 0.2) is 53.0 Å². The Hall–Kier alpha value is -1.59. The number of halogens is 4. The Balaban J connectivity index is 1.78. The molecular formula is C23H21BrCl3NO2. The summed E-state index contributed by atoms with van der Waals surface area (Å²) in [6.07, 6.45) is 0. The molecule has 0 aliphatic carbocycles. The standard InChI is InChI=1S/C23H21BrCl3NO2/c1-3-29-22-10-15(12-28-21-6-4-5-19(26)14(21)2)9-18(24)23(22)30-13-16-7-8-17(25)11-20(16)27/h4-11,28H,3,12-13H2,1-2H3. The molecule has 0 spiro atoms. The summed E-state index contributed by atoms with van der Waals surface area (Å²) in [4.78, 5) is 0. The maximum atomic E-state index is 6.26. The van der Waals surface area contributed by atoms with E-state index in [1.165, 1.54) is 0 Å². The maximum Gasteiger partial charge on any atom is 0.175 e. The van der Waals surface area contributed by atoms with Crippen molar-refractivity contribution in [3.05, 3.63) is 84.8 Å². The highest BCUT2D eigenvalue weighted by atomic mass is 79.9. The summed E-state index contributed by atoms with van der Waals surface area (Å²) in [5.41, 5.74) is 3.90. The van der Waals surface area contributed by atoms with Gasteiger partial charge in [-0.25, -0.2) is 0 Å². The molecule has 0 radical (unpaired) electrons. The predicted molar refractivity (Wildman–Crippen MR) is 130 cm³/mol. The summed E-state index contributed by atoms with van der Waals surface area (Å²) < 4.78 is 12.7. The second-order valence-corrected chi connectivity index (χ2v) is 8.73. The van der Waals surface area contributed by atoms with Gasteiger partial charge in [-0.1, -0.05) is 46.9 Å². The summed E-state index contributed by atoms with van der Waals surface area (Å²) in [5, 5.41) is 5.32. The fraction of sp³-hybridized carbons (Fsp3) is 0.217. The lowest BCUT2D eigenvalue weighted by Crippen LogP contribution is -2.05. The predicted octanol–water partition coefficient (Wildman–Crippen LogP) is 8.31. The monoisotopic (exact) mass is 527 g/mol. The molecule has 3 aromatic carbocycles. The van der Waals surface area contributed by atoms with Gasteiger partial charge in [0.2, 0.25) is 0 Å². The van der Waals surface area contributed by atoms with E-state index in [1.807, 2.05) is 50.2 Å². The number of nitrogens with one attached hydrogen (secondary N) is 1. The number of hydrogen-bond acceptors (Lipinski definition) is 3. The van der Waals surface area contributed by atoms with E-state index in [-0.39, 0.29) is 0 Å². The average molecular weight is 530 g/mol. The van der Waals surface area contributed by atoms with E-state index >= 15 is 0 Å². The Labute approximate surface area is 200 Å². The minimum absolute atomic E-state index is 0.300. The molecule has 0 amide bonds. The molecule has 1 N–H and O–H groups in total. The zero-order valence-electron chi connectivity index (χ0n) is 16.6. The van der Waals surface area contributed by atoms with Gasteiger partial charge in [-0.3, -0.25) is 0 Å². The molecule has 3 rings (SSSR count). The summed E-state index contributed by atoms with van der Waals surface area (Å²) in [6, 6.07) is 15.1. The minimum Gasteiger partial charge on any atom is -0.490 e. The van der Waals surface area contributed by atoms with Crippen molar-refractivity contribution in [2.24, 2.45) is 0 Å². The molecule has 3 nitrogen and oxygen atoms in total. The number of hydrogen-bond donors (Lipinski definition) is 1. The molecule has 3 aromatic rings. The van der Waals surface area contributed by atoms with Crippen LogP contribution in [-0.4, -0.2) is 6.61 Å².